The largest absolute Gasteiger partial charge is 0.378 e. The maximum Gasteiger partial charge on any atom is 0.0661 e. The number of hydrogen-bond acceptors (Lipinski definition) is 2. The summed E-state index contributed by atoms with van der Waals surface area (Å²) in [6, 6.07) is 0.753. The fourth-order valence-electron chi connectivity index (χ4n) is 4.45. The van der Waals surface area contributed by atoms with E-state index in [9.17, 15) is 0 Å². The first-order valence-electron chi connectivity index (χ1n) is 8.70. The van der Waals surface area contributed by atoms with Crippen LogP contribution in [0.4, 0.5) is 0 Å². The summed E-state index contributed by atoms with van der Waals surface area (Å²) in [5.41, 5.74) is 0.523. The fraction of sp³-hybridized carbons (Fsp3) is 1.00. The van der Waals surface area contributed by atoms with E-state index in [1.165, 1.54) is 70.8 Å². The molecule has 3 aliphatic rings. The first-order chi connectivity index (χ1) is 9.35. The van der Waals surface area contributed by atoms with Crippen LogP contribution in [0, 0.1) is 11.3 Å². The molecular weight excluding hydrogens is 234 g/mol. The van der Waals surface area contributed by atoms with Gasteiger partial charge in [-0.25, -0.2) is 0 Å². The molecule has 3 fully saturated rings. The van der Waals surface area contributed by atoms with E-state index in [2.05, 4.69) is 12.2 Å². The van der Waals surface area contributed by atoms with Crippen LogP contribution in [0.2, 0.25) is 0 Å². The lowest BCUT2D eigenvalue weighted by atomic mass is 9.60. The van der Waals surface area contributed by atoms with Gasteiger partial charge in [0.15, 0.2) is 0 Å². The van der Waals surface area contributed by atoms with Gasteiger partial charge in [0.05, 0.1) is 6.10 Å². The summed E-state index contributed by atoms with van der Waals surface area (Å²) < 4.78 is 6.29. The topological polar surface area (TPSA) is 21.3 Å². The molecule has 2 unspecified atom stereocenters. The van der Waals surface area contributed by atoms with E-state index >= 15 is 0 Å². The van der Waals surface area contributed by atoms with Gasteiger partial charge in [-0.05, 0) is 44.6 Å². The van der Waals surface area contributed by atoms with E-state index in [0.717, 1.165) is 18.6 Å². The molecule has 0 amide bonds. The van der Waals surface area contributed by atoms with E-state index in [-0.39, 0.29) is 0 Å². The molecule has 2 nitrogen and oxygen atoms in total. The number of hydrogen-bond donors (Lipinski definition) is 1. The van der Waals surface area contributed by atoms with Crippen LogP contribution in [-0.4, -0.2) is 25.3 Å². The molecule has 0 aromatic carbocycles. The van der Waals surface area contributed by atoms with Crippen LogP contribution in [0.5, 0.6) is 0 Å². The second kappa shape index (κ2) is 6.13. The van der Waals surface area contributed by atoms with Crippen molar-refractivity contribution in [1.82, 2.24) is 5.32 Å². The van der Waals surface area contributed by atoms with Crippen LogP contribution in [0.1, 0.15) is 71.1 Å². The Balaban J connectivity index is 1.45. The highest BCUT2D eigenvalue weighted by atomic mass is 16.5. The first-order valence-corrected chi connectivity index (χ1v) is 8.70. The van der Waals surface area contributed by atoms with Gasteiger partial charge in [0.25, 0.3) is 0 Å². The predicted molar refractivity (Wildman–Crippen MR) is 79.3 cm³/mol. The highest BCUT2D eigenvalue weighted by Crippen LogP contribution is 2.54. The summed E-state index contributed by atoms with van der Waals surface area (Å²) in [4.78, 5) is 0. The predicted octanol–water partition coefficient (Wildman–Crippen LogP) is 3.89. The highest BCUT2D eigenvalue weighted by Gasteiger charge is 2.56. The lowest BCUT2D eigenvalue weighted by Crippen LogP contribution is -2.62. The van der Waals surface area contributed by atoms with Crippen molar-refractivity contribution in [3.8, 4) is 0 Å². The maximum absolute atomic E-state index is 6.29. The first kappa shape index (κ1) is 13.9. The number of nitrogens with one attached hydrogen (secondary N) is 1. The summed E-state index contributed by atoms with van der Waals surface area (Å²) in [7, 11) is 0. The van der Waals surface area contributed by atoms with Crippen molar-refractivity contribution in [2.45, 2.75) is 83.3 Å². The van der Waals surface area contributed by atoms with Crippen molar-refractivity contribution in [3.63, 3.8) is 0 Å². The minimum atomic E-state index is 0.523. The Hall–Kier alpha value is -0.0800. The summed E-state index contributed by atoms with van der Waals surface area (Å²) in [6.45, 7) is 4.47. The van der Waals surface area contributed by atoms with Crippen molar-refractivity contribution in [3.05, 3.63) is 0 Å². The Bertz CT molecular complexity index is 281. The summed E-state index contributed by atoms with van der Waals surface area (Å²) >= 11 is 0. The second-order valence-electron chi connectivity index (χ2n) is 7.13. The van der Waals surface area contributed by atoms with Gasteiger partial charge in [-0.2, -0.15) is 0 Å². The van der Waals surface area contributed by atoms with Crippen LogP contribution in [0.15, 0.2) is 0 Å². The third-order valence-electron chi connectivity index (χ3n) is 6.03. The average molecular weight is 265 g/mol. The normalized spacial score (nSPS) is 33.3. The minimum Gasteiger partial charge on any atom is -0.378 e. The number of rotatable bonds is 7. The second-order valence-corrected chi connectivity index (χ2v) is 7.13. The van der Waals surface area contributed by atoms with E-state index in [1.54, 1.807) is 0 Å². The molecule has 0 heterocycles. The lowest BCUT2D eigenvalue weighted by molar-refractivity contribution is -0.136. The lowest BCUT2D eigenvalue weighted by Gasteiger charge is -2.54. The average Bonchev–Trinajstić information content (AvgIpc) is 2.86. The Morgan fingerprint density at radius 1 is 1.16 bits per heavy atom. The number of ether oxygens (including phenoxy) is 1. The van der Waals surface area contributed by atoms with E-state index in [1.807, 2.05) is 0 Å². The van der Waals surface area contributed by atoms with Crippen LogP contribution in [0.25, 0.3) is 0 Å². The minimum absolute atomic E-state index is 0.523. The Kier molecular flexibility index (Phi) is 4.48. The van der Waals surface area contributed by atoms with Gasteiger partial charge in [-0.15, -0.1) is 0 Å². The summed E-state index contributed by atoms with van der Waals surface area (Å²) in [5, 5.41) is 3.77. The van der Waals surface area contributed by atoms with Gasteiger partial charge in [0.2, 0.25) is 0 Å². The molecular formula is C17H31NO. The highest BCUT2D eigenvalue weighted by molar-refractivity contribution is 5.09. The SMILES string of the molecule is CCCNC1CC(OCCC2CCC2)C12CCCC2. The van der Waals surface area contributed by atoms with Crippen LogP contribution >= 0.6 is 0 Å². The third kappa shape index (κ3) is 2.71. The Labute approximate surface area is 118 Å². The molecule has 110 valence electrons. The monoisotopic (exact) mass is 265 g/mol. The third-order valence-corrected chi connectivity index (χ3v) is 6.03. The van der Waals surface area contributed by atoms with Gasteiger partial charge in [0, 0.05) is 18.1 Å². The molecule has 3 aliphatic carbocycles. The van der Waals surface area contributed by atoms with E-state index < -0.39 is 0 Å². The van der Waals surface area contributed by atoms with Crippen molar-refractivity contribution < 1.29 is 4.74 Å². The molecule has 19 heavy (non-hydrogen) atoms. The van der Waals surface area contributed by atoms with Crippen LogP contribution < -0.4 is 5.32 Å². The quantitative estimate of drug-likeness (QED) is 0.754. The Morgan fingerprint density at radius 3 is 2.58 bits per heavy atom. The molecule has 0 radical (unpaired) electrons. The smallest absolute Gasteiger partial charge is 0.0661 e. The van der Waals surface area contributed by atoms with Crippen molar-refractivity contribution in [2.24, 2.45) is 11.3 Å². The molecule has 3 rings (SSSR count). The van der Waals surface area contributed by atoms with Crippen molar-refractivity contribution >= 4 is 0 Å². The standard InChI is InChI=1S/C17H31NO/c1-2-11-18-15-13-16(17(15)9-3-4-10-17)19-12-8-14-6-5-7-14/h14-16,18H,2-13H2,1H3. The molecule has 1 N–H and O–H groups in total. The summed E-state index contributed by atoms with van der Waals surface area (Å²) in [5.74, 6) is 0.994. The van der Waals surface area contributed by atoms with Crippen LogP contribution in [0.3, 0.4) is 0 Å². The van der Waals surface area contributed by atoms with Crippen molar-refractivity contribution in [2.75, 3.05) is 13.2 Å². The molecule has 2 heteroatoms. The summed E-state index contributed by atoms with van der Waals surface area (Å²) in [6.07, 6.45) is 14.4. The molecule has 1 spiro atoms. The maximum atomic E-state index is 6.29. The Morgan fingerprint density at radius 2 is 1.95 bits per heavy atom. The molecule has 0 aromatic rings. The van der Waals surface area contributed by atoms with Gasteiger partial charge >= 0.3 is 0 Å². The zero-order valence-corrected chi connectivity index (χ0v) is 12.6. The molecule has 0 aromatic heterocycles. The van der Waals surface area contributed by atoms with Gasteiger partial charge < -0.3 is 10.1 Å². The van der Waals surface area contributed by atoms with Gasteiger partial charge in [0.1, 0.15) is 0 Å². The van der Waals surface area contributed by atoms with E-state index in [4.69, 9.17) is 4.74 Å². The van der Waals surface area contributed by atoms with Crippen LogP contribution in [-0.2, 0) is 4.74 Å². The molecule has 0 bridgehead atoms. The molecule has 2 atom stereocenters. The molecule has 0 aliphatic heterocycles. The molecule has 3 saturated carbocycles. The van der Waals surface area contributed by atoms with Gasteiger partial charge in [-0.1, -0.05) is 39.0 Å². The zero-order chi connectivity index (χ0) is 13.1. The fourth-order valence-corrected chi connectivity index (χ4v) is 4.45. The molecule has 0 saturated heterocycles. The van der Waals surface area contributed by atoms with Crippen molar-refractivity contribution in [1.29, 1.82) is 0 Å². The van der Waals surface area contributed by atoms with E-state index in [0.29, 0.717) is 11.5 Å². The van der Waals surface area contributed by atoms with Gasteiger partial charge in [-0.3, -0.25) is 0 Å². The zero-order valence-electron chi connectivity index (χ0n) is 12.6.